The molecule has 1 saturated heterocycles. The second kappa shape index (κ2) is 12.0. The Bertz CT molecular complexity index is 330. The fraction of sp³-hybridized carbons (Fsp3) is 0.938. The molecule has 3 N–H and O–H groups in total. The monoisotopic (exact) mass is 353 g/mol. The van der Waals surface area contributed by atoms with Crippen molar-refractivity contribution in [2.24, 2.45) is 5.92 Å². The molecule has 0 spiro atoms. The minimum absolute atomic E-state index is 0. The highest BCUT2D eigenvalue weighted by Gasteiger charge is 2.35. The fourth-order valence-corrected chi connectivity index (χ4v) is 2.21. The lowest BCUT2D eigenvalue weighted by atomic mass is 10.1. The minimum atomic E-state index is -0.511. The first-order valence-corrected chi connectivity index (χ1v) is 8.30. The van der Waals surface area contributed by atoms with E-state index in [2.05, 4.69) is 26.5 Å². The third kappa shape index (κ3) is 8.31. The topological polar surface area (TPSA) is 81.6 Å². The third-order valence-electron chi connectivity index (χ3n) is 3.52. The number of esters is 1. The predicted molar refractivity (Wildman–Crippen MR) is 82.3 cm³/mol. The molecule has 0 aliphatic carbocycles. The van der Waals surface area contributed by atoms with E-state index in [4.69, 9.17) is 18.9 Å². The minimum Gasteiger partial charge on any atom is -1.00 e. The maximum Gasteiger partial charge on any atom is 0.367 e. The van der Waals surface area contributed by atoms with E-state index in [-0.39, 0.29) is 43.3 Å². The quantitative estimate of drug-likeness (QED) is 0.414. The van der Waals surface area contributed by atoms with Gasteiger partial charge in [0.15, 0.2) is 0 Å². The van der Waals surface area contributed by atoms with Crippen molar-refractivity contribution in [1.29, 1.82) is 0 Å². The Kier molecular flexibility index (Phi) is 11.8. The Morgan fingerprint density at radius 1 is 1.30 bits per heavy atom. The highest BCUT2D eigenvalue weighted by Crippen LogP contribution is 2.17. The summed E-state index contributed by atoms with van der Waals surface area (Å²) >= 11 is 0. The number of halogens is 1. The Morgan fingerprint density at radius 3 is 2.61 bits per heavy atom. The van der Waals surface area contributed by atoms with Gasteiger partial charge in [-0.1, -0.05) is 27.2 Å². The van der Waals surface area contributed by atoms with E-state index >= 15 is 0 Å². The van der Waals surface area contributed by atoms with E-state index in [0.29, 0.717) is 25.7 Å². The van der Waals surface area contributed by atoms with Crippen LogP contribution in [0.1, 0.15) is 40.5 Å². The van der Waals surface area contributed by atoms with Crippen molar-refractivity contribution >= 4 is 5.97 Å². The molecule has 1 aliphatic heterocycles. The molecule has 1 fully saturated rings. The van der Waals surface area contributed by atoms with Crippen molar-refractivity contribution in [3.63, 3.8) is 0 Å². The van der Waals surface area contributed by atoms with Crippen molar-refractivity contribution in [2.45, 2.75) is 64.9 Å². The largest absolute Gasteiger partial charge is 1.00 e. The first kappa shape index (κ1) is 22.6. The molecule has 4 atom stereocenters. The van der Waals surface area contributed by atoms with Crippen LogP contribution < -0.4 is 18.1 Å². The fourth-order valence-electron chi connectivity index (χ4n) is 2.21. The van der Waals surface area contributed by atoms with E-state index in [0.717, 1.165) is 12.8 Å². The van der Waals surface area contributed by atoms with Gasteiger partial charge in [-0.15, -0.1) is 0 Å². The number of hydrogen-bond acceptors (Lipinski definition) is 5. The molecular formula is C16H32ClNO5. The summed E-state index contributed by atoms with van der Waals surface area (Å²) in [6.07, 6.45) is 1.10. The highest BCUT2D eigenvalue weighted by molar-refractivity contribution is 5.74. The van der Waals surface area contributed by atoms with Crippen LogP contribution in [0.2, 0.25) is 0 Å². The molecule has 1 aliphatic rings. The van der Waals surface area contributed by atoms with Gasteiger partial charge in [0.1, 0.15) is 24.9 Å². The van der Waals surface area contributed by atoms with E-state index < -0.39 is 6.04 Å². The number of carbonyl (C=O) groups is 1. The van der Waals surface area contributed by atoms with Crippen LogP contribution in [0.4, 0.5) is 0 Å². The summed E-state index contributed by atoms with van der Waals surface area (Å²) in [6, 6.07) is -0.511. The number of cyclic esters (lactones) is 1. The molecule has 0 saturated carbocycles. The number of quaternary nitrogens is 1. The average molecular weight is 354 g/mol. The van der Waals surface area contributed by atoms with E-state index in [9.17, 15) is 4.79 Å². The molecular weight excluding hydrogens is 322 g/mol. The molecule has 1 rings (SSSR count). The average Bonchev–Trinajstić information content (AvgIpc) is 2.49. The number of hydrogen-bond donors (Lipinski definition) is 1. The van der Waals surface area contributed by atoms with E-state index in [1.165, 1.54) is 0 Å². The van der Waals surface area contributed by atoms with Crippen LogP contribution >= 0.6 is 0 Å². The summed E-state index contributed by atoms with van der Waals surface area (Å²) in [5.74, 6) is 0.0492. The van der Waals surface area contributed by atoms with Crippen LogP contribution in [0.5, 0.6) is 0 Å². The maximum absolute atomic E-state index is 11.9. The highest BCUT2D eigenvalue weighted by atomic mass is 35.5. The summed E-state index contributed by atoms with van der Waals surface area (Å²) in [5, 5.41) is 0. The summed E-state index contributed by atoms with van der Waals surface area (Å²) < 4.78 is 23.0. The maximum atomic E-state index is 11.9. The molecule has 138 valence electrons. The normalized spacial score (nSPS) is 29.2. The van der Waals surface area contributed by atoms with Crippen LogP contribution in [-0.4, -0.2) is 56.8 Å². The lowest BCUT2D eigenvalue weighted by molar-refractivity contribution is -0.415. The van der Waals surface area contributed by atoms with Crippen molar-refractivity contribution in [3.05, 3.63) is 0 Å². The molecule has 0 bridgehead atoms. The Balaban J connectivity index is 0.00000484. The molecule has 0 aromatic rings. The molecule has 6 nitrogen and oxygen atoms in total. The summed E-state index contributed by atoms with van der Waals surface area (Å²) in [5.41, 5.74) is 3.77. The molecule has 0 amide bonds. The lowest BCUT2D eigenvalue weighted by Crippen LogP contribution is -3.00. The van der Waals surface area contributed by atoms with Crippen LogP contribution in [0.25, 0.3) is 0 Å². The van der Waals surface area contributed by atoms with Gasteiger partial charge in [-0.05, 0) is 19.3 Å². The number of ether oxygens (including phenoxy) is 4. The molecule has 0 radical (unpaired) electrons. The predicted octanol–water partition coefficient (Wildman–Crippen LogP) is -2.21. The first-order chi connectivity index (χ1) is 10.5. The van der Waals surface area contributed by atoms with Crippen molar-refractivity contribution in [2.75, 3.05) is 26.4 Å². The van der Waals surface area contributed by atoms with Gasteiger partial charge in [0.05, 0.1) is 6.61 Å². The van der Waals surface area contributed by atoms with Gasteiger partial charge >= 0.3 is 5.97 Å². The van der Waals surface area contributed by atoms with Crippen molar-refractivity contribution < 1.29 is 41.9 Å². The standard InChI is InChI=1S/C16H31NO5.ClH/c1-5-6-7-20-14-10-19-9-13(17)16(18)22-12(4)15(14)21-8-11(2)3;/h11-15H,5-10,17H2,1-4H3;1H/t12-,13-,14-,15-;/m0./s1. The lowest BCUT2D eigenvalue weighted by Gasteiger charge is -2.31. The Labute approximate surface area is 145 Å². The van der Waals surface area contributed by atoms with Gasteiger partial charge in [-0.25, -0.2) is 4.79 Å². The third-order valence-corrected chi connectivity index (χ3v) is 3.52. The van der Waals surface area contributed by atoms with Gasteiger partial charge in [-0.3, -0.25) is 0 Å². The number of unbranched alkanes of at least 4 members (excludes halogenated alkanes) is 1. The van der Waals surface area contributed by atoms with Crippen molar-refractivity contribution in [3.8, 4) is 0 Å². The van der Waals surface area contributed by atoms with Gasteiger partial charge in [0, 0.05) is 13.2 Å². The Morgan fingerprint density at radius 2 is 2.00 bits per heavy atom. The SMILES string of the molecule is CCCCO[C@H]1COC[C@H]([NH3+])C(=O)O[C@@H](C)[C@@H]1OCC(C)C.[Cl-]. The second-order valence-corrected chi connectivity index (χ2v) is 6.33. The zero-order chi connectivity index (χ0) is 16.5. The first-order valence-electron chi connectivity index (χ1n) is 8.30. The van der Waals surface area contributed by atoms with Crippen molar-refractivity contribution in [1.82, 2.24) is 0 Å². The smallest absolute Gasteiger partial charge is 0.367 e. The van der Waals surface area contributed by atoms with Crippen LogP contribution in [-0.2, 0) is 23.7 Å². The summed E-state index contributed by atoms with van der Waals surface area (Å²) in [7, 11) is 0. The second-order valence-electron chi connectivity index (χ2n) is 6.33. The zero-order valence-electron chi connectivity index (χ0n) is 14.8. The summed E-state index contributed by atoms with van der Waals surface area (Å²) in [4.78, 5) is 11.9. The van der Waals surface area contributed by atoms with E-state index in [1.807, 2.05) is 6.92 Å². The molecule has 0 unspecified atom stereocenters. The number of rotatable bonds is 7. The van der Waals surface area contributed by atoms with Gasteiger partial charge < -0.3 is 37.1 Å². The van der Waals surface area contributed by atoms with Crippen LogP contribution in [0.3, 0.4) is 0 Å². The van der Waals surface area contributed by atoms with Gasteiger partial charge in [-0.2, -0.15) is 0 Å². The number of carbonyl (C=O) groups excluding carboxylic acids is 1. The molecule has 7 heteroatoms. The molecule has 0 aromatic carbocycles. The van der Waals surface area contributed by atoms with Gasteiger partial charge in [0.25, 0.3) is 0 Å². The molecule has 1 heterocycles. The molecule has 0 aromatic heterocycles. The molecule has 23 heavy (non-hydrogen) atoms. The van der Waals surface area contributed by atoms with Crippen LogP contribution in [0.15, 0.2) is 0 Å². The Hall–Kier alpha value is -0.400. The summed E-state index contributed by atoms with van der Waals surface area (Å²) in [6.45, 7) is 10.0. The van der Waals surface area contributed by atoms with Crippen LogP contribution in [0, 0.1) is 5.92 Å². The van der Waals surface area contributed by atoms with Gasteiger partial charge in [0.2, 0.25) is 6.04 Å². The van der Waals surface area contributed by atoms with E-state index in [1.54, 1.807) is 0 Å². The zero-order valence-corrected chi connectivity index (χ0v) is 15.5.